The molecule has 0 aliphatic heterocycles. The number of fused-ring (bicyclic) bond motifs is 1. The SMILES string of the molecule is O=C(Nc1nccc2[nH]ccc12)c1ccccc1. The summed E-state index contributed by atoms with van der Waals surface area (Å²) in [5, 5.41) is 3.72. The van der Waals surface area contributed by atoms with E-state index in [9.17, 15) is 4.79 Å². The number of amides is 1. The van der Waals surface area contributed by atoms with Crippen LogP contribution in [0, 0.1) is 0 Å². The number of H-pyrrole nitrogens is 1. The van der Waals surface area contributed by atoms with Crippen molar-refractivity contribution in [2.75, 3.05) is 5.32 Å². The molecule has 1 amide bonds. The van der Waals surface area contributed by atoms with Gasteiger partial charge in [0.15, 0.2) is 0 Å². The molecule has 3 aromatic rings. The first-order valence-corrected chi connectivity index (χ1v) is 5.63. The summed E-state index contributed by atoms with van der Waals surface area (Å²) in [6.45, 7) is 0. The summed E-state index contributed by atoms with van der Waals surface area (Å²) in [5.74, 6) is 0.416. The second kappa shape index (κ2) is 4.33. The van der Waals surface area contributed by atoms with E-state index in [0.29, 0.717) is 11.4 Å². The Morgan fingerprint density at radius 3 is 2.78 bits per heavy atom. The maximum Gasteiger partial charge on any atom is 0.256 e. The summed E-state index contributed by atoms with van der Waals surface area (Å²) in [6.07, 6.45) is 3.49. The van der Waals surface area contributed by atoms with Crippen molar-refractivity contribution in [3.8, 4) is 0 Å². The quantitative estimate of drug-likeness (QED) is 0.720. The number of rotatable bonds is 2. The Labute approximate surface area is 104 Å². The molecule has 0 saturated carbocycles. The molecule has 0 radical (unpaired) electrons. The minimum absolute atomic E-state index is 0.156. The van der Waals surface area contributed by atoms with Gasteiger partial charge >= 0.3 is 0 Å². The summed E-state index contributed by atoms with van der Waals surface area (Å²) in [7, 11) is 0. The highest BCUT2D eigenvalue weighted by Gasteiger charge is 2.08. The van der Waals surface area contributed by atoms with Gasteiger partial charge in [0.2, 0.25) is 0 Å². The lowest BCUT2D eigenvalue weighted by Gasteiger charge is -2.05. The minimum atomic E-state index is -0.156. The van der Waals surface area contributed by atoms with E-state index in [1.54, 1.807) is 18.3 Å². The molecule has 4 nitrogen and oxygen atoms in total. The van der Waals surface area contributed by atoms with E-state index < -0.39 is 0 Å². The number of aromatic amines is 1. The first kappa shape index (κ1) is 10.5. The fraction of sp³-hybridized carbons (Fsp3) is 0. The molecule has 0 aliphatic carbocycles. The third kappa shape index (κ3) is 1.84. The topological polar surface area (TPSA) is 57.8 Å². The zero-order valence-electron chi connectivity index (χ0n) is 9.55. The van der Waals surface area contributed by atoms with E-state index >= 15 is 0 Å². The molecule has 2 heterocycles. The van der Waals surface area contributed by atoms with Crippen molar-refractivity contribution in [3.63, 3.8) is 0 Å². The van der Waals surface area contributed by atoms with Crippen molar-refractivity contribution in [3.05, 3.63) is 60.4 Å². The van der Waals surface area contributed by atoms with Crippen molar-refractivity contribution in [2.24, 2.45) is 0 Å². The highest BCUT2D eigenvalue weighted by atomic mass is 16.1. The molecule has 0 bridgehead atoms. The fourth-order valence-electron chi connectivity index (χ4n) is 1.85. The van der Waals surface area contributed by atoms with Crippen LogP contribution in [0.3, 0.4) is 0 Å². The zero-order valence-corrected chi connectivity index (χ0v) is 9.55. The number of hydrogen-bond donors (Lipinski definition) is 2. The van der Waals surface area contributed by atoms with Crippen molar-refractivity contribution in [1.29, 1.82) is 0 Å². The molecule has 2 N–H and O–H groups in total. The molecule has 2 aromatic heterocycles. The van der Waals surface area contributed by atoms with Crippen LogP contribution in [0.1, 0.15) is 10.4 Å². The average Bonchev–Trinajstić information content (AvgIpc) is 2.89. The van der Waals surface area contributed by atoms with Gasteiger partial charge in [-0.25, -0.2) is 4.98 Å². The van der Waals surface area contributed by atoms with Crippen molar-refractivity contribution >= 4 is 22.6 Å². The van der Waals surface area contributed by atoms with Crippen LogP contribution >= 0.6 is 0 Å². The lowest BCUT2D eigenvalue weighted by molar-refractivity contribution is 0.102. The van der Waals surface area contributed by atoms with Gasteiger partial charge in [0.25, 0.3) is 5.91 Å². The van der Waals surface area contributed by atoms with E-state index in [0.717, 1.165) is 10.9 Å². The van der Waals surface area contributed by atoms with Crippen LogP contribution in [0.15, 0.2) is 54.9 Å². The van der Waals surface area contributed by atoms with E-state index in [1.807, 2.05) is 36.5 Å². The number of benzene rings is 1. The van der Waals surface area contributed by atoms with Gasteiger partial charge in [-0.1, -0.05) is 18.2 Å². The van der Waals surface area contributed by atoms with E-state index in [2.05, 4.69) is 15.3 Å². The smallest absolute Gasteiger partial charge is 0.256 e. The first-order valence-electron chi connectivity index (χ1n) is 5.63. The first-order chi connectivity index (χ1) is 8.84. The lowest BCUT2D eigenvalue weighted by atomic mass is 10.2. The molecule has 0 unspecified atom stereocenters. The van der Waals surface area contributed by atoms with Gasteiger partial charge in [0, 0.05) is 23.3 Å². The second-order valence-corrected chi connectivity index (χ2v) is 3.92. The zero-order chi connectivity index (χ0) is 12.4. The van der Waals surface area contributed by atoms with Gasteiger partial charge < -0.3 is 10.3 Å². The highest BCUT2D eigenvalue weighted by Crippen LogP contribution is 2.19. The third-order valence-electron chi connectivity index (χ3n) is 2.75. The van der Waals surface area contributed by atoms with Crippen LogP contribution < -0.4 is 5.32 Å². The molecule has 18 heavy (non-hydrogen) atoms. The Morgan fingerprint density at radius 1 is 1.11 bits per heavy atom. The molecule has 4 heteroatoms. The molecular formula is C14H11N3O. The van der Waals surface area contributed by atoms with Gasteiger partial charge in [-0.15, -0.1) is 0 Å². The average molecular weight is 237 g/mol. The number of nitrogens with one attached hydrogen (secondary N) is 2. The summed E-state index contributed by atoms with van der Waals surface area (Å²) in [5.41, 5.74) is 1.57. The Balaban J connectivity index is 1.93. The van der Waals surface area contributed by atoms with E-state index in [1.165, 1.54) is 0 Å². The predicted octanol–water partition coefficient (Wildman–Crippen LogP) is 2.82. The Bertz CT molecular complexity index is 688. The summed E-state index contributed by atoms with van der Waals surface area (Å²) in [4.78, 5) is 19.3. The number of carbonyl (C=O) groups excluding carboxylic acids is 1. The second-order valence-electron chi connectivity index (χ2n) is 3.92. The van der Waals surface area contributed by atoms with Crippen LogP contribution in [0.4, 0.5) is 5.82 Å². The molecule has 0 aliphatic rings. The van der Waals surface area contributed by atoms with Crippen molar-refractivity contribution < 1.29 is 4.79 Å². The molecule has 1 aromatic carbocycles. The normalized spacial score (nSPS) is 10.4. The van der Waals surface area contributed by atoms with E-state index in [4.69, 9.17) is 0 Å². The maximum absolute atomic E-state index is 12.0. The number of pyridine rings is 1. The highest BCUT2D eigenvalue weighted by molar-refractivity contribution is 6.07. The fourth-order valence-corrected chi connectivity index (χ4v) is 1.85. The lowest BCUT2D eigenvalue weighted by Crippen LogP contribution is -2.12. The maximum atomic E-state index is 12.0. The minimum Gasteiger partial charge on any atom is -0.361 e. The molecule has 88 valence electrons. The molecule has 0 atom stereocenters. The van der Waals surface area contributed by atoms with Crippen LogP contribution in [-0.2, 0) is 0 Å². The van der Waals surface area contributed by atoms with Crippen LogP contribution in [0.2, 0.25) is 0 Å². The summed E-state index contributed by atoms with van der Waals surface area (Å²) < 4.78 is 0. The molecule has 0 fully saturated rings. The van der Waals surface area contributed by atoms with Gasteiger partial charge in [-0.2, -0.15) is 0 Å². The van der Waals surface area contributed by atoms with Gasteiger partial charge in [0.05, 0.1) is 5.52 Å². The third-order valence-corrected chi connectivity index (χ3v) is 2.75. The van der Waals surface area contributed by atoms with Gasteiger partial charge in [0.1, 0.15) is 5.82 Å². The molecular weight excluding hydrogens is 226 g/mol. The molecule has 0 saturated heterocycles. The van der Waals surface area contributed by atoms with E-state index in [-0.39, 0.29) is 5.91 Å². The monoisotopic (exact) mass is 237 g/mol. The summed E-state index contributed by atoms with van der Waals surface area (Å²) >= 11 is 0. The number of anilines is 1. The number of aromatic nitrogens is 2. The largest absolute Gasteiger partial charge is 0.361 e. The number of nitrogens with zero attached hydrogens (tertiary/aromatic N) is 1. The summed E-state index contributed by atoms with van der Waals surface area (Å²) in [6, 6.07) is 12.8. The Kier molecular flexibility index (Phi) is 2.53. The standard InChI is InChI=1S/C14H11N3O/c18-14(10-4-2-1-3-5-10)17-13-11-6-8-15-12(11)7-9-16-13/h1-9,15H,(H,16,17,18). The molecule has 0 spiro atoms. The van der Waals surface area contributed by atoms with Gasteiger partial charge in [-0.05, 0) is 24.3 Å². The predicted molar refractivity (Wildman–Crippen MR) is 70.5 cm³/mol. The van der Waals surface area contributed by atoms with Crippen LogP contribution in [-0.4, -0.2) is 15.9 Å². The van der Waals surface area contributed by atoms with Crippen molar-refractivity contribution in [1.82, 2.24) is 9.97 Å². The Hall–Kier alpha value is -2.62. The Morgan fingerprint density at radius 2 is 1.94 bits per heavy atom. The molecule has 3 rings (SSSR count). The van der Waals surface area contributed by atoms with Gasteiger partial charge in [-0.3, -0.25) is 4.79 Å². The number of hydrogen-bond acceptors (Lipinski definition) is 2. The number of carbonyl (C=O) groups is 1. The van der Waals surface area contributed by atoms with Crippen LogP contribution in [0.25, 0.3) is 10.9 Å². The van der Waals surface area contributed by atoms with Crippen LogP contribution in [0.5, 0.6) is 0 Å². The van der Waals surface area contributed by atoms with Crippen molar-refractivity contribution in [2.45, 2.75) is 0 Å².